The van der Waals surface area contributed by atoms with E-state index in [1.54, 1.807) is 12.1 Å². The first-order chi connectivity index (χ1) is 9.61. The standard InChI is InChI=1S/C15H13BrN2O2/c1-9-11(15(19)18-4-2-3-5-18)7-13-12(14(9)16)6-10(8-17)20-13/h6-7H,2-5H2,1H3. The van der Waals surface area contributed by atoms with Crippen molar-refractivity contribution in [3.05, 3.63) is 33.5 Å². The van der Waals surface area contributed by atoms with E-state index < -0.39 is 0 Å². The van der Waals surface area contributed by atoms with Crippen LogP contribution < -0.4 is 0 Å². The molecular weight excluding hydrogens is 320 g/mol. The Bertz CT molecular complexity index is 736. The first-order valence-corrected chi connectivity index (χ1v) is 7.33. The monoisotopic (exact) mass is 332 g/mol. The van der Waals surface area contributed by atoms with Crippen LogP contribution in [-0.2, 0) is 0 Å². The molecule has 1 aromatic carbocycles. The Hall–Kier alpha value is -1.80. The predicted octanol–water partition coefficient (Wildman–Crippen LogP) is 3.61. The van der Waals surface area contributed by atoms with Gasteiger partial charge in [0.15, 0.2) is 0 Å². The predicted molar refractivity (Wildman–Crippen MR) is 78.5 cm³/mol. The Labute approximate surface area is 125 Å². The number of benzene rings is 1. The van der Waals surface area contributed by atoms with Crippen molar-refractivity contribution in [2.24, 2.45) is 0 Å². The van der Waals surface area contributed by atoms with Gasteiger partial charge >= 0.3 is 0 Å². The van der Waals surface area contributed by atoms with E-state index in [1.165, 1.54) is 0 Å². The highest BCUT2D eigenvalue weighted by atomic mass is 79.9. The van der Waals surface area contributed by atoms with Gasteiger partial charge in [0, 0.05) is 34.6 Å². The number of fused-ring (bicyclic) bond motifs is 1. The molecule has 0 bridgehead atoms. The lowest BCUT2D eigenvalue weighted by atomic mass is 10.1. The molecule has 1 fully saturated rings. The van der Waals surface area contributed by atoms with Gasteiger partial charge in [-0.05, 0) is 47.3 Å². The van der Waals surface area contributed by atoms with E-state index in [-0.39, 0.29) is 11.7 Å². The maximum absolute atomic E-state index is 12.5. The lowest BCUT2D eigenvalue weighted by Crippen LogP contribution is -2.28. The lowest BCUT2D eigenvalue weighted by Gasteiger charge is -2.17. The normalized spacial score (nSPS) is 14.8. The van der Waals surface area contributed by atoms with Crippen LogP contribution >= 0.6 is 15.9 Å². The number of rotatable bonds is 1. The van der Waals surface area contributed by atoms with Crippen molar-refractivity contribution in [1.29, 1.82) is 5.26 Å². The third kappa shape index (κ3) is 2.01. The number of hydrogen-bond donors (Lipinski definition) is 0. The molecule has 0 N–H and O–H groups in total. The van der Waals surface area contributed by atoms with Crippen molar-refractivity contribution in [3.63, 3.8) is 0 Å². The molecule has 5 heteroatoms. The van der Waals surface area contributed by atoms with E-state index in [2.05, 4.69) is 15.9 Å². The highest BCUT2D eigenvalue weighted by molar-refractivity contribution is 9.10. The second-order valence-electron chi connectivity index (χ2n) is 5.00. The summed E-state index contributed by atoms with van der Waals surface area (Å²) in [6.07, 6.45) is 2.13. The Kier molecular flexibility index (Phi) is 3.27. The molecule has 0 unspecified atom stereocenters. The van der Waals surface area contributed by atoms with E-state index in [4.69, 9.17) is 9.68 Å². The van der Waals surface area contributed by atoms with Crippen LogP contribution in [0.2, 0.25) is 0 Å². The van der Waals surface area contributed by atoms with Gasteiger partial charge in [0.25, 0.3) is 5.91 Å². The van der Waals surface area contributed by atoms with Gasteiger partial charge in [-0.2, -0.15) is 5.26 Å². The molecule has 102 valence electrons. The Balaban J connectivity index is 2.13. The molecule has 3 rings (SSSR count). The van der Waals surface area contributed by atoms with E-state index in [1.807, 2.05) is 17.9 Å². The van der Waals surface area contributed by atoms with Crippen LogP contribution in [0.4, 0.5) is 0 Å². The lowest BCUT2D eigenvalue weighted by molar-refractivity contribution is 0.0792. The summed E-state index contributed by atoms with van der Waals surface area (Å²) in [6, 6.07) is 5.42. The molecule has 2 heterocycles. The van der Waals surface area contributed by atoms with Gasteiger partial charge in [0.1, 0.15) is 11.7 Å². The van der Waals surface area contributed by atoms with Crippen LogP contribution in [0.1, 0.15) is 34.5 Å². The number of hydrogen-bond acceptors (Lipinski definition) is 3. The second kappa shape index (κ2) is 4.95. The number of nitriles is 1. The van der Waals surface area contributed by atoms with Gasteiger partial charge < -0.3 is 9.32 Å². The highest BCUT2D eigenvalue weighted by Gasteiger charge is 2.23. The van der Waals surface area contributed by atoms with Gasteiger partial charge in [-0.3, -0.25) is 4.79 Å². The fraction of sp³-hybridized carbons (Fsp3) is 0.333. The van der Waals surface area contributed by atoms with E-state index in [0.717, 1.165) is 41.4 Å². The Morgan fingerprint density at radius 3 is 2.75 bits per heavy atom. The Morgan fingerprint density at radius 2 is 2.10 bits per heavy atom. The smallest absolute Gasteiger partial charge is 0.254 e. The molecule has 1 aliphatic heterocycles. The van der Waals surface area contributed by atoms with Crippen molar-refractivity contribution in [1.82, 2.24) is 4.90 Å². The number of amides is 1. The number of nitrogens with zero attached hydrogens (tertiary/aromatic N) is 2. The van der Waals surface area contributed by atoms with Gasteiger partial charge in [0.2, 0.25) is 5.76 Å². The summed E-state index contributed by atoms with van der Waals surface area (Å²) >= 11 is 3.51. The molecule has 0 saturated carbocycles. The molecule has 0 radical (unpaired) electrons. The summed E-state index contributed by atoms with van der Waals surface area (Å²) in [5.41, 5.74) is 2.10. The van der Waals surface area contributed by atoms with Crippen LogP contribution in [0.3, 0.4) is 0 Å². The molecule has 2 aromatic rings. The summed E-state index contributed by atoms with van der Waals surface area (Å²) in [4.78, 5) is 14.4. The number of carbonyl (C=O) groups excluding carboxylic acids is 1. The van der Waals surface area contributed by atoms with E-state index >= 15 is 0 Å². The first-order valence-electron chi connectivity index (χ1n) is 6.54. The molecule has 20 heavy (non-hydrogen) atoms. The van der Waals surface area contributed by atoms with Crippen molar-refractivity contribution in [2.45, 2.75) is 19.8 Å². The van der Waals surface area contributed by atoms with Crippen molar-refractivity contribution >= 4 is 32.8 Å². The van der Waals surface area contributed by atoms with E-state index in [9.17, 15) is 4.79 Å². The van der Waals surface area contributed by atoms with Crippen LogP contribution in [0, 0.1) is 18.3 Å². The average molecular weight is 333 g/mol. The second-order valence-corrected chi connectivity index (χ2v) is 5.79. The zero-order valence-electron chi connectivity index (χ0n) is 11.1. The number of halogens is 1. The minimum atomic E-state index is 0.0394. The Morgan fingerprint density at radius 1 is 1.40 bits per heavy atom. The van der Waals surface area contributed by atoms with Crippen molar-refractivity contribution in [3.8, 4) is 6.07 Å². The quantitative estimate of drug-likeness (QED) is 0.801. The molecule has 1 aromatic heterocycles. The van der Waals surface area contributed by atoms with Gasteiger partial charge in [0.05, 0.1) is 0 Å². The molecule has 4 nitrogen and oxygen atoms in total. The summed E-state index contributed by atoms with van der Waals surface area (Å²) < 4.78 is 6.27. The van der Waals surface area contributed by atoms with Gasteiger partial charge in [-0.15, -0.1) is 0 Å². The maximum Gasteiger partial charge on any atom is 0.254 e. The largest absolute Gasteiger partial charge is 0.446 e. The summed E-state index contributed by atoms with van der Waals surface area (Å²) in [6.45, 7) is 3.54. The maximum atomic E-state index is 12.5. The van der Waals surface area contributed by atoms with Crippen molar-refractivity contribution in [2.75, 3.05) is 13.1 Å². The zero-order chi connectivity index (χ0) is 14.3. The third-order valence-electron chi connectivity index (χ3n) is 3.74. The topological polar surface area (TPSA) is 57.2 Å². The molecule has 0 atom stereocenters. The SMILES string of the molecule is Cc1c(C(=O)N2CCCC2)cc2oc(C#N)cc2c1Br. The summed E-state index contributed by atoms with van der Waals surface area (Å²) in [5.74, 6) is 0.295. The average Bonchev–Trinajstić information content (AvgIpc) is 3.10. The minimum Gasteiger partial charge on any atom is -0.446 e. The highest BCUT2D eigenvalue weighted by Crippen LogP contribution is 2.33. The minimum absolute atomic E-state index is 0.0394. The van der Waals surface area contributed by atoms with Crippen molar-refractivity contribution < 1.29 is 9.21 Å². The van der Waals surface area contributed by atoms with Crippen LogP contribution in [0.5, 0.6) is 0 Å². The van der Waals surface area contributed by atoms with Crippen LogP contribution in [0.25, 0.3) is 11.0 Å². The molecule has 1 amide bonds. The van der Waals surface area contributed by atoms with Gasteiger partial charge in [-0.1, -0.05) is 0 Å². The molecule has 1 saturated heterocycles. The third-order valence-corrected chi connectivity index (χ3v) is 4.76. The molecule has 0 aliphatic carbocycles. The molecular formula is C15H13BrN2O2. The fourth-order valence-corrected chi connectivity index (χ4v) is 3.13. The van der Waals surface area contributed by atoms with E-state index in [0.29, 0.717) is 11.1 Å². The fourth-order valence-electron chi connectivity index (χ4n) is 2.61. The molecule has 1 aliphatic rings. The zero-order valence-corrected chi connectivity index (χ0v) is 12.7. The van der Waals surface area contributed by atoms with Crippen LogP contribution in [-0.4, -0.2) is 23.9 Å². The number of carbonyl (C=O) groups is 1. The number of furan rings is 1. The summed E-state index contributed by atoms with van der Waals surface area (Å²) in [7, 11) is 0. The number of likely N-dealkylation sites (tertiary alicyclic amines) is 1. The first kappa shape index (κ1) is 13.2. The van der Waals surface area contributed by atoms with Crippen LogP contribution in [0.15, 0.2) is 21.0 Å². The molecule has 0 spiro atoms. The summed E-state index contributed by atoms with van der Waals surface area (Å²) in [5, 5.41) is 9.75. The van der Waals surface area contributed by atoms with Gasteiger partial charge in [-0.25, -0.2) is 0 Å².